The average molecular weight is 250 g/mol. The quantitative estimate of drug-likeness (QED) is 0.895. The summed E-state index contributed by atoms with van der Waals surface area (Å²) in [4.78, 5) is 5.31. The highest BCUT2D eigenvalue weighted by Gasteiger charge is 2.21. The lowest BCUT2D eigenvalue weighted by Gasteiger charge is -2.23. The van der Waals surface area contributed by atoms with E-state index in [0.29, 0.717) is 5.82 Å². The summed E-state index contributed by atoms with van der Waals surface area (Å²) >= 11 is 1.75. The van der Waals surface area contributed by atoms with E-state index in [-0.39, 0.29) is 11.2 Å². The summed E-state index contributed by atoms with van der Waals surface area (Å²) in [6.07, 6.45) is 1.22. The van der Waals surface area contributed by atoms with E-state index in [1.54, 1.807) is 17.4 Å². The predicted molar refractivity (Wildman–Crippen MR) is 70.0 cm³/mol. The molecule has 0 bridgehead atoms. The van der Waals surface area contributed by atoms with Gasteiger partial charge in [-0.2, -0.15) is 0 Å². The molecule has 1 N–H and O–H groups in total. The van der Waals surface area contributed by atoms with Crippen molar-refractivity contribution in [2.24, 2.45) is 0 Å². The molecule has 0 amide bonds. The Balaban J connectivity index is 2.00. The van der Waals surface area contributed by atoms with Gasteiger partial charge in [0.2, 0.25) is 0 Å². The highest BCUT2D eigenvalue weighted by Crippen LogP contribution is 2.27. The normalized spacial score (nSPS) is 11.5. The molecule has 0 aliphatic heterocycles. The van der Waals surface area contributed by atoms with Gasteiger partial charge in [0.25, 0.3) is 0 Å². The number of anilines is 1. The van der Waals surface area contributed by atoms with Crippen molar-refractivity contribution in [1.82, 2.24) is 4.98 Å². The summed E-state index contributed by atoms with van der Waals surface area (Å²) < 4.78 is 12.7. The molecular weight excluding hydrogens is 235 g/mol. The minimum Gasteiger partial charge on any atom is -0.369 e. The van der Waals surface area contributed by atoms with Crippen molar-refractivity contribution in [3.05, 3.63) is 46.5 Å². The summed E-state index contributed by atoms with van der Waals surface area (Å²) in [6, 6.07) is 7.25. The Bertz CT molecular complexity index is 463. The minimum absolute atomic E-state index is 0.0459. The average Bonchev–Trinajstić information content (AvgIpc) is 2.82. The minimum atomic E-state index is -0.312. The van der Waals surface area contributed by atoms with Crippen LogP contribution in [0.5, 0.6) is 0 Å². The SMILES string of the molecule is CC(C)(CNc1ccc(F)cn1)c1cccs1. The molecule has 4 heteroatoms. The van der Waals surface area contributed by atoms with Crippen LogP contribution in [-0.2, 0) is 5.41 Å². The van der Waals surface area contributed by atoms with E-state index in [2.05, 4.69) is 41.7 Å². The number of hydrogen-bond acceptors (Lipinski definition) is 3. The molecule has 2 aromatic rings. The van der Waals surface area contributed by atoms with Crippen LogP contribution >= 0.6 is 11.3 Å². The van der Waals surface area contributed by atoms with Gasteiger partial charge in [-0.15, -0.1) is 11.3 Å². The molecule has 2 rings (SSSR count). The molecule has 0 atom stereocenters. The zero-order valence-corrected chi connectivity index (χ0v) is 10.7. The van der Waals surface area contributed by atoms with Crippen LogP contribution in [0.1, 0.15) is 18.7 Å². The summed E-state index contributed by atoms with van der Waals surface area (Å²) in [6.45, 7) is 5.12. The molecule has 2 nitrogen and oxygen atoms in total. The Morgan fingerprint density at radius 3 is 2.76 bits per heavy atom. The van der Waals surface area contributed by atoms with E-state index < -0.39 is 0 Å². The number of thiophene rings is 1. The lowest BCUT2D eigenvalue weighted by molar-refractivity contribution is 0.567. The summed E-state index contributed by atoms with van der Waals surface area (Å²) in [7, 11) is 0. The standard InChI is InChI=1S/C13H15FN2S/c1-13(2,11-4-3-7-17-11)9-16-12-6-5-10(14)8-15-12/h3-8H,9H2,1-2H3,(H,15,16). The van der Waals surface area contributed by atoms with Crippen LogP contribution in [0.2, 0.25) is 0 Å². The van der Waals surface area contributed by atoms with Crippen LogP contribution in [0.3, 0.4) is 0 Å². The number of hydrogen-bond donors (Lipinski definition) is 1. The van der Waals surface area contributed by atoms with Crippen molar-refractivity contribution >= 4 is 17.2 Å². The van der Waals surface area contributed by atoms with E-state index in [1.807, 2.05) is 0 Å². The molecule has 2 aromatic heterocycles. The first-order valence-electron chi connectivity index (χ1n) is 5.47. The number of rotatable bonds is 4. The monoisotopic (exact) mass is 250 g/mol. The van der Waals surface area contributed by atoms with Gasteiger partial charge in [0.1, 0.15) is 11.6 Å². The van der Waals surface area contributed by atoms with Crippen molar-refractivity contribution < 1.29 is 4.39 Å². The van der Waals surface area contributed by atoms with Gasteiger partial charge in [-0.3, -0.25) is 0 Å². The summed E-state index contributed by atoms with van der Waals surface area (Å²) in [5.74, 6) is 0.393. The van der Waals surface area contributed by atoms with Crippen molar-refractivity contribution in [3.63, 3.8) is 0 Å². The second-order valence-electron chi connectivity index (χ2n) is 4.58. The fourth-order valence-corrected chi connectivity index (χ4v) is 2.39. The highest BCUT2D eigenvalue weighted by atomic mass is 32.1. The first-order valence-corrected chi connectivity index (χ1v) is 6.35. The number of nitrogens with zero attached hydrogens (tertiary/aromatic N) is 1. The lowest BCUT2D eigenvalue weighted by Crippen LogP contribution is -2.26. The summed E-state index contributed by atoms with van der Waals surface area (Å²) in [5.41, 5.74) is 0.0459. The van der Waals surface area contributed by atoms with Crippen molar-refractivity contribution in [1.29, 1.82) is 0 Å². The smallest absolute Gasteiger partial charge is 0.141 e. The molecule has 2 heterocycles. The Morgan fingerprint density at radius 1 is 1.35 bits per heavy atom. The van der Waals surface area contributed by atoms with Gasteiger partial charge in [0.15, 0.2) is 0 Å². The van der Waals surface area contributed by atoms with Crippen molar-refractivity contribution in [3.8, 4) is 0 Å². The van der Waals surface area contributed by atoms with Gasteiger partial charge in [-0.1, -0.05) is 19.9 Å². The maximum absolute atomic E-state index is 12.7. The molecule has 0 unspecified atom stereocenters. The van der Waals surface area contributed by atoms with E-state index in [9.17, 15) is 4.39 Å². The molecule has 0 saturated carbocycles. The predicted octanol–water partition coefficient (Wildman–Crippen LogP) is 3.67. The molecule has 0 aromatic carbocycles. The first kappa shape index (κ1) is 12.0. The zero-order valence-electron chi connectivity index (χ0n) is 9.90. The number of nitrogens with one attached hydrogen (secondary N) is 1. The van der Waals surface area contributed by atoms with Gasteiger partial charge in [-0.25, -0.2) is 9.37 Å². The van der Waals surface area contributed by atoms with Crippen LogP contribution in [-0.4, -0.2) is 11.5 Å². The lowest BCUT2D eigenvalue weighted by atomic mass is 9.91. The van der Waals surface area contributed by atoms with Gasteiger partial charge in [0.05, 0.1) is 6.20 Å². The molecule has 0 saturated heterocycles. The molecule has 0 aliphatic carbocycles. The fourth-order valence-electron chi connectivity index (χ4n) is 1.54. The van der Waals surface area contributed by atoms with Crippen LogP contribution in [0.15, 0.2) is 35.8 Å². The second-order valence-corrected chi connectivity index (χ2v) is 5.52. The molecular formula is C13H15FN2S. The largest absolute Gasteiger partial charge is 0.369 e. The second kappa shape index (κ2) is 4.84. The Morgan fingerprint density at radius 2 is 2.18 bits per heavy atom. The Kier molecular flexibility index (Phi) is 3.43. The van der Waals surface area contributed by atoms with Crippen molar-refractivity contribution in [2.75, 3.05) is 11.9 Å². The highest BCUT2D eigenvalue weighted by molar-refractivity contribution is 7.10. The third-order valence-corrected chi connectivity index (χ3v) is 3.86. The topological polar surface area (TPSA) is 24.9 Å². The van der Waals surface area contributed by atoms with E-state index in [4.69, 9.17) is 0 Å². The number of aromatic nitrogens is 1. The van der Waals surface area contributed by atoms with Crippen LogP contribution in [0, 0.1) is 5.82 Å². The molecule has 0 fully saturated rings. The first-order chi connectivity index (χ1) is 8.08. The zero-order chi connectivity index (χ0) is 12.3. The molecule has 0 radical (unpaired) electrons. The van der Waals surface area contributed by atoms with Crippen LogP contribution in [0.25, 0.3) is 0 Å². The third kappa shape index (κ3) is 3.03. The van der Waals surface area contributed by atoms with Crippen LogP contribution < -0.4 is 5.32 Å². The van der Waals surface area contributed by atoms with E-state index in [1.165, 1.54) is 17.1 Å². The molecule has 90 valence electrons. The molecule has 0 spiro atoms. The maximum atomic E-state index is 12.7. The van der Waals surface area contributed by atoms with Gasteiger partial charge >= 0.3 is 0 Å². The third-order valence-electron chi connectivity index (χ3n) is 2.63. The van der Waals surface area contributed by atoms with E-state index in [0.717, 1.165) is 6.54 Å². The van der Waals surface area contributed by atoms with E-state index >= 15 is 0 Å². The van der Waals surface area contributed by atoms with Gasteiger partial charge in [-0.05, 0) is 23.6 Å². The van der Waals surface area contributed by atoms with Crippen LogP contribution in [0.4, 0.5) is 10.2 Å². The van der Waals surface area contributed by atoms with Gasteiger partial charge < -0.3 is 5.32 Å². The summed E-state index contributed by atoms with van der Waals surface area (Å²) in [5, 5.41) is 5.31. The molecule has 0 aliphatic rings. The van der Waals surface area contributed by atoms with Crippen molar-refractivity contribution in [2.45, 2.75) is 19.3 Å². The van der Waals surface area contributed by atoms with Gasteiger partial charge in [0, 0.05) is 16.8 Å². The fraction of sp³-hybridized carbons (Fsp3) is 0.308. The maximum Gasteiger partial charge on any atom is 0.141 e. The Labute approximate surface area is 105 Å². The number of halogens is 1. The Hall–Kier alpha value is -1.42. The molecule has 17 heavy (non-hydrogen) atoms. The number of pyridine rings is 1.